The molecular weight excluding hydrogens is 290 g/mol. The topological polar surface area (TPSA) is 85.0 Å². The second-order valence-corrected chi connectivity index (χ2v) is 4.93. The Morgan fingerprint density at radius 2 is 1.65 bits per heavy atom. The van der Waals surface area contributed by atoms with Crippen molar-refractivity contribution in [2.24, 2.45) is 5.84 Å². The first kappa shape index (κ1) is 14.8. The van der Waals surface area contributed by atoms with Crippen LogP contribution in [0.4, 0.5) is 5.95 Å². The maximum Gasteiger partial charge on any atom is 0.267 e. The molecule has 1 amide bonds. The molecule has 114 valence electrons. The van der Waals surface area contributed by atoms with Gasteiger partial charge in [-0.2, -0.15) is 5.10 Å². The lowest BCUT2D eigenvalue weighted by atomic mass is 10.1. The zero-order valence-electron chi connectivity index (χ0n) is 12.3. The van der Waals surface area contributed by atoms with Gasteiger partial charge >= 0.3 is 0 Å². The number of benzene rings is 2. The number of anilines is 1. The number of hydrazine groups is 1. The summed E-state index contributed by atoms with van der Waals surface area (Å²) in [5.41, 5.74) is 2.37. The number of nitrogens with zero attached hydrogens (tertiary/aromatic N) is 4. The van der Waals surface area contributed by atoms with Gasteiger partial charge in [0.1, 0.15) is 0 Å². The summed E-state index contributed by atoms with van der Waals surface area (Å²) in [6.07, 6.45) is 1.71. The van der Waals surface area contributed by atoms with Crippen LogP contribution in [0.5, 0.6) is 0 Å². The molecule has 0 fully saturated rings. The van der Waals surface area contributed by atoms with Gasteiger partial charge in [0.2, 0.25) is 5.91 Å². The molecule has 2 N–H and O–H groups in total. The van der Waals surface area contributed by atoms with Crippen molar-refractivity contribution in [2.45, 2.75) is 6.42 Å². The van der Waals surface area contributed by atoms with Crippen molar-refractivity contribution >= 4 is 11.9 Å². The lowest BCUT2D eigenvalue weighted by Gasteiger charge is -2.14. The van der Waals surface area contributed by atoms with Crippen molar-refractivity contribution in [2.75, 3.05) is 5.01 Å². The summed E-state index contributed by atoms with van der Waals surface area (Å²) in [5.74, 6) is 5.63. The van der Waals surface area contributed by atoms with E-state index in [1.54, 1.807) is 0 Å². The van der Waals surface area contributed by atoms with E-state index in [-0.39, 0.29) is 18.3 Å². The number of nitrogens with two attached hydrogens (primary N) is 1. The summed E-state index contributed by atoms with van der Waals surface area (Å²) < 4.78 is 0. The van der Waals surface area contributed by atoms with E-state index in [1.165, 1.54) is 6.20 Å². The van der Waals surface area contributed by atoms with Crippen molar-refractivity contribution < 1.29 is 4.79 Å². The molecule has 2 aromatic carbocycles. The van der Waals surface area contributed by atoms with Crippen molar-refractivity contribution in [3.05, 3.63) is 72.4 Å². The van der Waals surface area contributed by atoms with Crippen LogP contribution in [0.25, 0.3) is 11.3 Å². The van der Waals surface area contributed by atoms with Crippen LogP contribution in [0.2, 0.25) is 0 Å². The van der Waals surface area contributed by atoms with Gasteiger partial charge in [0.25, 0.3) is 5.95 Å². The van der Waals surface area contributed by atoms with Crippen molar-refractivity contribution in [1.29, 1.82) is 0 Å². The van der Waals surface area contributed by atoms with Gasteiger partial charge in [-0.05, 0) is 5.56 Å². The molecule has 0 saturated carbocycles. The first-order valence-electron chi connectivity index (χ1n) is 7.11. The number of amides is 1. The number of hydrogen-bond acceptors (Lipinski definition) is 5. The van der Waals surface area contributed by atoms with E-state index in [2.05, 4.69) is 15.2 Å². The Morgan fingerprint density at radius 3 is 2.35 bits per heavy atom. The molecule has 6 nitrogen and oxygen atoms in total. The van der Waals surface area contributed by atoms with Gasteiger partial charge in [-0.3, -0.25) is 4.79 Å². The summed E-state index contributed by atoms with van der Waals surface area (Å²) >= 11 is 0. The van der Waals surface area contributed by atoms with Crippen LogP contribution in [-0.4, -0.2) is 21.1 Å². The fraction of sp³-hybridized carbons (Fsp3) is 0.0588. The van der Waals surface area contributed by atoms with E-state index in [0.717, 1.165) is 16.1 Å². The third-order valence-electron chi connectivity index (χ3n) is 3.30. The SMILES string of the molecule is NN(C(=O)Cc1ccccc1)c1nncc(-c2ccccc2)n1. The molecule has 1 aromatic heterocycles. The maximum atomic E-state index is 12.3. The molecule has 0 aliphatic heterocycles. The first-order chi connectivity index (χ1) is 11.2. The Labute approximate surface area is 133 Å². The summed E-state index contributed by atoms with van der Waals surface area (Å²) in [6, 6.07) is 18.9. The van der Waals surface area contributed by atoms with Crippen LogP contribution in [0.1, 0.15) is 5.56 Å². The van der Waals surface area contributed by atoms with Crippen LogP contribution in [-0.2, 0) is 11.2 Å². The summed E-state index contributed by atoms with van der Waals surface area (Å²) in [6.45, 7) is 0. The van der Waals surface area contributed by atoms with Gasteiger partial charge in [0.05, 0.1) is 18.3 Å². The highest BCUT2D eigenvalue weighted by Gasteiger charge is 2.16. The fourth-order valence-corrected chi connectivity index (χ4v) is 2.11. The lowest BCUT2D eigenvalue weighted by Crippen LogP contribution is -2.40. The molecule has 3 aromatic rings. The van der Waals surface area contributed by atoms with Gasteiger partial charge in [-0.15, -0.1) is 5.10 Å². The fourth-order valence-electron chi connectivity index (χ4n) is 2.11. The van der Waals surface area contributed by atoms with Crippen molar-refractivity contribution in [3.63, 3.8) is 0 Å². The lowest BCUT2D eigenvalue weighted by molar-refractivity contribution is -0.118. The predicted molar refractivity (Wildman–Crippen MR) is 87.1 cm³/mol. The molecule has 6 heteroatoms. The average Bonchev–Trinajstić information content (AvgIpc) is 2.63. The van der Waals surface area contributed by atoms with Crippen LogP contribution < -0.4 is 10.9 Å². The van der Waals surface area contributed by atoms with Crippen LogP contribution in [0.15, 0.2) is 66.9 Å². The monoisotopic (exact) mass is 305 g/mol. The number of rotatable bonds is 4. The molecule has 1 heterocycles. The van der Waals surface area contributed by atoms with Gasteiger partial charge in [0.15, 0.2) is 0 Å². The minimum atomic E-state index is -0.303. The van der Waals surface area contributed by atoms with E-state index in [9.17, 15) is 4.79 Å². The molecule has 0 aliphatic rings. The molecule has 0 atom stereocenters. The van der Waals surface area contributed by atoms with Gasteiger partial charge in [-0.1, -0.05) is 60.7 Å². The van der Waals surface area contributed by atoms with E-state index >= 15 is 0 Å². The minimum absolute atomic E-state index is 0.0762. The van der Waals surface area contributed by atoms with Gasteiger partial charge < -0.3 is 0 Å². The Balaban J connectivity index is 1.80. The normalized spacial score (nSPS) is 10.3. The maximum absolute atomic E-state index is 12.3. The Bertz CT molecular complexity index is 792. The van der Waals surface area contributed by atoms with Crippen molar-refractivity contribution in [3.8, 4) is 11.3 Å². The van der Waals surface area contributed by atoms with Crippen LogP contribution in [0.3, 0.4) is 0 Å². The first-order valence-corrected chi connectivity index (χ1v) is 7.11. The van der Waals surface area contributed by atoms with E-state index < -0.39 is 0 Å². The van der Waals surface area contributed by atoms with E-state index in [0.29, 0.717) is 5.69 Å². The average molecular weight is 305 g/mol. The van der Waals surface area contributed by atoms with Gasteiger partial charge in [0, 0.05) is 5.56 Å². The predicted octanol–water partition coefficient (Wildman–Crippen LogP) is 1.99. The van der Waals surface area contributed by atoms with Crippen molar-refractivity contribution in [1.82, 2.24) is 15.2 Å². The summed E-state index contributed by atoms with van der Waals surface area (Å²) in [7, 11) is 0. The Hall–Kier alpha value is -3.12. The summed E-state index contributed by atoms with van der Waals surface area (Å²) in [4.78, 5) is 16.6. The third kappa shape index (κ3) is 3.56. The van der Waals surface area contributed by atoms with Gasteiger partial charge in [-0.25, -0.2) is 15.8 Å². The van der Waals surface area contributed by atoms with E-state index in [1.807, 2.05) is 60.7 Å². The molecule has 0 radical (unpaired) electrons. The molecular formula is C17H15N5O. The Kier molecular flexibility index (Phi) is 4.35. The largest absolute Gasteiger partial charge is 0.273 e. The molecule has 23 heavy (non-hydrogen) atoms. The number of carbonyl (C=O) groups excluding carboxylic acids is 1. The third-order valence-corrected chi connectivity index (χ3v) is 3.30. The highest BCUT2D eigenvalue weighted by molar-refractivity contribution is 5.92. The molecule has 0 bridgehead atoms. The highest BCUT2D eigenvalue weighted by atomic mass is 16.2. The Morgan fingerprint density at radius 1 is 1.00 bits per heavy atom. The standard InChI is InChI=1S/C17H15N5O/c18-22(16(23)11-13-7-3-1-4-8-13)17-20-15(12-19-21-17)14-9-5-2-6-10-14/h1-10,12H,11,18H2. The zero-order valence-corrected chi connectivity index (χ0v) is 12.3. The number of aromatic nitrogens is 3. The summed E-state index contributed by atoms with van der Waals surface area (Å²) in [5, 5.41) is 8.67. The van der Waals surface area contributed by atoms with E-state index in [4.69, 9.17) is 5.84 Å². The number of hydrogen-bond donors (Lipinski definition) is 1. The molecule has 0 unspecified atom stereocenters. The molecule has 0 aliphatic carbocycles. The molecule has 3 rings (SSSR count). The minimum Gasteiger partial charge on any atom is -0.273 e. The smallest absolute Gasteiger partial charge is 0.267 e. The quantitative estimate of drug-likeness (QED) is 0.452. The highest BCUT2D eigenvalue weighted by Crippen LogP contribution is 2.16. The van der Waals surface area contributed by atoms with Crippen LogP contribution >= 0.6 is 0 Å². The molecule has 0 spiro atoms. The second-order valence-electron chi connectivity index (χ2n) is 4.93. The van der Waals surface area contributed by atoms with Crippen LogP contribution in [0, 0.1) is 0 Å². The number of carbonyl (C=O) groups is 1. The zero-order chi connectivity index (χ0) is 16.1. The second kappa shape index (κ2) is 6.76. The molecule has 0 saturated heterocycles.